The highest BCUT2D eigenvalue weighted by atomic mass is 35.5. The molecule has 12 heteroatoms. The molecule has 0 saturated carbocycles. The number of carbonyl (C=O) groups is 2. The average molecular weight is 621 g/mol. The SMILES string of the molecule is COc1ccc(S(=O)(=O)N(CC(=O)N/N=C/c2ccc(OCC(=O)Nc3cccc(Cl)c3)cc2)c2ccc(C)cc2)cc1. The standard InChI is InChI=1S/C31H29ClN4O6S/c1-22-6-10-26(11-7-22)36(43(39,40)29-16-14-27(41-2)15-17-29)20-30(37)35-33-19-23-8-12-28(13-9-23)42-21-31(38)34-25-5-3-4-24(32)18-25/h3-19H,20-21H2,1-2H3,(H,34,38)(H,35,37)/b33-19+. The number of rotatable bonds is 12. The Morgan fingerprint density at radius 1 is 0.907 bits per heavy atom. The highest BCUT2D eigenvalue weighted by Gasteiger charge is 2.27. The Morgan fingerprint density at radius 3 is 2.23 bits per heavy atom. The fourth-order valence-electron chi connectivity index (χ4n) is 3.81. The number of benzene rings is 4. The monoisotopic (exact) mass is 620 g/mol. The molecular weight excluding hydrogens is 592 g/mol. The van der Waals surface area contributed by atoms with E-state index in [4.69, 9.17) is 21.1 Å². The van der Waals surface area contributed by atoms with E-state index in [0.29, 0.717) is 33.5 Å². The molecule has 0 saturated heterocycles. The molecule has 2 N–H and O–H groups in total. The Labute approximate surface area is 254 Å². The molecule has 10 nitrogen and oxygen atoms in total. The van der Waals surface area contributed by atoms with Gasteiger partial charge >= 0.3 is 0 Å². The lowest BCUT2D eigenvalue weighted by atomic mass is 10.2. The smallest absolute Gasteiger partial charge is 0.264 e. The largest absolute Gasteiger partial charge is 0.497 e. The van der Waals surface area contributed by atoms with Gasteiger partial charge in [0, 0.05) is 10.7 Å². The molecule has 4 aromatic rings. The number of nitrogens with zero attached hydrogens (tertiary/aromatic N) is 2. The van der Waals surface area contributed by atoms with Crippen LogP contribution < -0.4 is 24.5 Å². The lowest BCUT2D eigenvalue weighted by Gasteiger charge is -2.24. The van der Waals surface area contributed by atoms with E-state index in [2.05, 4.69) is 15.8 Å². The lowest BCUT2D eigenvalue weighted by Crippen LogP contribution is -2.39. The Kier molecular flexibility index (Phi) is 10.4. The van der Waals surface area contributed by atoms with E-state index in [1.165, 1.54) is 37.6 Å². The van der Waals surface area contributed by atoms with Crippen LogP contribution in [0, 0.1) is 6.92 Å². The Hall–Kier alpha value is -4.87. The van der Waals surface area contributed by atoms with Crippen molar-refractivity contribution in [2.75, 3.05) is 29.9 Å². The molecule has 2 amide bonds. The number of amides is 2. The summed E-state index contributed by atoms with van der Waals surface area (Å²) < 4.78 is 38.7. The molecule has 4 rings (SSSR count). The van der Waals surface area contributed by atoms with Crippen LogP contribution in [0.15, 0.2) is 107 Å². The van der Waals surface area contributed by atoms with Gasteiger partial charge in [0.15, 0.2) is 6.61 Å². The number of ether oxygens (including phenoxy) is 2. The Bertz CT molecular complexity index is 1690. The molecule has 0 heterocycles. The van der Waals surface area contributed by atoms with Crippen molar-refractivity contribution in [3.63, 3.8) is 0 Å². The maximum Gasteiger partial charge on any atom is 0.264 e. The van der Waals surface area contributed by atoms with Crippen LogP contribution in [0.5, 0.6) is 11.5 Å². The maximum atomic E-state index is 13.5. The van der Waals surface area contributed by atoms with E-state index in [1.54, 1.807) is 72.8 Å². The van der Waals surface area contributed by atoms with Crippen LogP contribution in [0.25, 0.3) is 0 Å². The van der Waals surface area contributed by atoms with Crippen LogP contribution in [0.3, 0.4) is 0 Å². The summed E-state index contributed by atoms with van der Waals surface area (Å²) in [6.07, 6.45) is 1.40. The van der Waals surface area contributed by atoms with Gasteiger partial charge in [-0.25, -0.2) is 13.8 Å². The van der Waals surface area contributed by atoms with Crippen molar-refractivity contribution in [1.29, 1.82) is 0 Å². The highest BCUT2D eigenvalue weighted by Crippen LogP contribution is 2.25. The summed E-state index contributed by atoms with van der Waals surface area (Å²) in [6.45, 7) is 1.18. The maximum absolute atomic E-state index is 13.5. The number of sulfonamides is 1. The molecule has 0 radical (unpaired) electrons. The van der Waals surface area contributed by atoms with E-state index in [1.807, 2.05) is 6.92 Å². The van der Waals surface area contributed by atoms with Gasteiger partial charge < -0.3 is 14.8 Å². The van der Waals surface area contributed by atoms with E-state index >= 15 is 0 Å². The molecule has 0 spiro atoms. The molecule has 0 unspecified atom stereocenters. The fourth-order valence-corrected chi connectivity index (χ4v) is 5.42. The van der Waals surface area contributed by atoms with E-state index in [9.17, 15) is 18.0 Å². The van der Waals surface area contributed by atoms with Crippen LogP contribution in [-0.2, 0) is 19.6 Å². The van der Waals surface area contributed by atoms with Gasteiger partial charge in [0.05, 0.1) is 23.9 Å². The first kappa shape index (κ1) is 31.1. The number of hydrogen-bond acceptors (Lipinski definition) is 7. The summed E-state index contributed by atoms with van der Waals surface area (Å²) in [6, 6.07) is 26.2. The number of hydrogen-bond donors (Lipinski definition) is 2. The third-order valence-electron chi connectivity index (χ3n) is 6.02. The minimum Gasteiger partial charge on any atom is -0.497 e. The number of carbonyl (C=O) groups excluding carboxylic acids is 2. The summed E-state index contributed by atoms with van der Waals surface area (Å²) in [5.41, 5.74) is 4.85. The molecule has 0 aliphatic carbocycles. The minimum atomic E-state index is -4.08. The topological polar surface area (TPSA) is 126 Å². The summed E-state index contributed by atoms with van der Waals surface area (Å²) in [7, 11) is -2.60. The molecule has 4 aromatic carbocycles. The molecule has 0 aromatic heterocycles. The third kappa shape index (κ3) is 8.81. The zero-order valence-electron chi connectivity index (χ0n) is 23.4. The third-order valence-corrected chi connectivity index (χ3v) is 8.04. The van der Waals surface area contributed by atoms with Crippen molar-refractivity contribution in [1.82, 2.24) is 5.43 Å². The van der Waals surface area contributed by atoms with Crippen LogP contribution in [0.1, 0.15) is 11.1 Å². The van der Waals surface area contributed by atoms with Crippen LogP contribution in [-0.4, -0.2) is 46.7 Å². The summed E-state index contributed by atoms with van der Waals surface area (Å²) in [4.78, 5) is 24.9. The second-order valence-corrected chi connectivity index (χ2v) is 11.5. The van der Waals surface area contributed by atoms with Crippen molar-refractivity contribution in [2.45, 2.75) is 11.8 Å². The Morgan fingerprint density at radius 2 is 1.58 bits per heavy atom. The van der Waals surface area contributed by atoms with Gasteiger partial charge in [0.2, 0.25) is 0 Å². The molecule has 0 aliphatic rings. The van der Waals surface area contributed by atoms with Crippen molar-refractivity contribution in [3.05, 3.63) is 113 Å². The fraction of sp³-hybridized carbons (Fsp3) is 0.129. The quantitative estimate of drug-likeness (QED) is 0.169. The number of aryl methyl sites for hydroxylation is 1. The van der Waals surface area contributed by atoms with E-state index in [-0.39, 0.29) is 17.4 Å². The second kappa shape index (κ2) is 14.3. The number of halogens is 1. The highest BCUT2D eigenvalue weighted by molar-refractivity contribution is 7.92. The van der Waals surface area contributed by atoms with Gasteiger partial charge in [0.25, 0.3) is 21.8 Å². The zero-order valence-corrected chi connectivity index (χ0v) is 24.9. The van der Waals surface area contributed by atoms with Gasteiger partial charge in [-0.3, -0.25) is 13.9 Å². The summed E-state index contributed by atoms with van der Waals surface area (Å²) in [5, 5.41) is 7.16. The van der Waals surface area contributed by atoms with Crippen LogP contribution >= 0.6 is 11.6 Å². The Balaban J connectivity index is 1.35. The van der Waals surface area contributed by atoms with Crippen molar-refractivity contribution in [3.8, 4) is 11.5 Å². The van der Waals surface area contributed by atoms with Gasteiger partial charge in [-0.05, 0) is 91.3 Å². The molecule has 222 valence electrons. The molecular formula is C31H29ClN4O6S. The first-order chi connectivity index (χ1) is 20.6. The van der Waals surface area contributed by atoms with Crippen molar-refractivity contribution >= 4 is 51.0 Å². The van der Waals surface area contributed by atoms with Crippen molar-refractivity contribution in [2.24, 2.45) is 5.10 Å². The molecule has 0 fully saturated rings. The predicted octanol–water partition coefficient (Wildman–Crippen LogP) is 5.02. The van der Waals surface area contributed by atoms with Crippen LogP contribution in [0.2, 0.25) is 5.02 Å². The number of hydrazone groups is 1. The second-order valence-electron chi connectivity index (χ2n) is 9.23. The van der Waals surface area contributed by atoms with Crippen LogP contribution in [0.4, 0.5) is 11.4 Å². The van der Waals surface area contributed by atoms with Gasteiger partial charge in [-0.1, -0.05) is 35.4 Å². The van der Waals surface area contributed by atoms with Gasteiger partial charge in [0.1, 0.15) is 18.0 Å². The minimum absolute atomic E-state index is 0.00873. The van der Waals surface area contributed by atoms with E-state index in [0.717, 1.165) is 9.87 Å². The predicted molar refractivity (Wildman–Crippen MR) is 166 cm³/mol. The normalized spacial score (nSPS) is 11.1. The zero-order chi connectivity index (χ0) is 30.8. The number of nitrogens with one attached hydrogen (secondary N) is 2. The first-order valence-electron chi connectivity index (χ1n) is 13.0. The number of methoxy groups -OCH3 is 1. The summed E-state index contributed by atoms with van der Waals surface area (Å²) >= 11 is 5.93. The summed E-state index contributed by atoms with van der Waals surface area (Å²) in [5.74, 6) is -0.0180. The molecule has 0 atom stereocenters. The first-order valence-corrected chi connectivity index (χ1v) is 14.8. The molecule has 0 bridgehead atoms. The molecule has 0 aliphatic heterocycles. The molecule has 43 heavy (non-hydrogen) atoms. The van der Waals surface area contributed by atoms with Gasteiger partial charge in [-0.2, -0.15) is 5.10 Å². The van der Waals surface area contributed by atoms with E-state index < -0.39 is 22.5 Å². The average Bonchev–Trinajstić information content (AvgIpc) is 3.00. The van der Waals surface area contributed by atoms with Crippen molar-refractivity contribution < 1.29 is 27.5 Å². The van der Waals surface area contributed by atoms with Gasteiger partial charge in [-0.15, -0.1) is 0 Å². The number of anilines is 2. The lowest BCUT2D eigenvalue weighted by molar-refractivity contribution is -0.119.